The number of aromatic nitrogens is 1. The number of aliphatic hydroxyl groups is 1. The van der Waals surface area contributed by atoms with Gasteiger partial charge in [0.25, 0.3) is 0 Å². The van der Waals surface area contributed by atoms with Gasteiger partial charge in [-0.3, -0.25) is 4.98 Å². The lowest BCUT2D eigenvalue weighted by Gasteiger charge is -2.38. The van der Waals surface area contributed by atoms with Crippen molar-refractivity contribution >= 4 is 5.69 Å². The van der Waals surface area contributed by atoms with Crippen LogP contribution in [0.4, 0.5) is 5.69 Å². The minimum atomic E-state index is -0.117. The second kappa shape index (κ2) is 6.32. The van der Waals surface area contributed by atoms with E-state index in [4.69, 9.17) is 10.5 Å². The molecule has 1 aromatic heterocycles. The lowest BCUT2D eigenvalue weighted by molar-refractivity contribution is -0.0103. The van der Waals surface area contributed by atoms with Gasteiger partial charge < -0.3 is 20.5 Å². The molecular weight excluding hydrogens is 242 g/mol. The van der Waals surface area contributed by atoms with Gasteiger partial charge in [-0.2, -0.15) is 0 Å². The van der Waals surface area contributed by atoms with E-state index in [0.29, 0.717) is 13.2 Å². The number of aliphatic hydroxyl groups excluding tert-OH is 1. The maximum Gasteiger partial charge on any atom is 0.0981 e. The number of hydrogen-bond donors (Lipinski definition) is 2. The van der Waals surface area contributed by atoms with E-state index >= 15 is 0 Å². The summed E-state index contributed by atoms with van der Waals surface area (Å²) in [5, 5.41) is 9.21. The monoisotopic (exact) mass is 265 g/mol. The normalized spacial score (nSPS) is 25.4. The summed E-state index contributed by atoms with van der Waals surface area (Å²) in [5.74, 6) is 0. The maximum atomic E-state index is 9.21. The van der Waals surface area contributed by atoms with Gasteiger partial charge >= 0.3 is 0 Å². The average molecular weight is 265 g/mol. The molecule has 106 valence electrons. The van der Waals surface area contributed by atoms with Crippen molar-refractivity contribution in [2.75, 3.05) is 24.7 Å². The number of morpholine rings is 1. The molecule has 0 bridgehead atoms. The van der Waals surface area contributed by atoms with Gasteiger partial charge in [0.2, 0.25) is 0 Å². The first-order chi connectivity index (χ1) is 9.15. The van der Waals surface area contributed by atoms with E-state index in [1.807, 2.05) is 18.3 Å². The van der Waals surface area contributed by atoms with E-state index in [1.165, 1.54) is 0 Å². The predicted molar refractivity (Wildman–Crippen MR) is 75.1 cm³/mol. The van der Waals surface area contributed by atoms with Crippen LogP contribution in [0.2, 0.25) is 0 Å². The number of nitrogens with two attached hydrogens (primary N) is 1. The summed E-state index contributed by atoms with van der Waals surface area (Å²) in [6.07, 6.45) is 2.63. The molecule has 0 amide bonds. The molecule has 1 aromatic rings. The first-order valence-corrected chi connectivity index (χ1v) is 6.86. The number of ether oxygens (including phenoxy) is 1. The third-order valence-corrected chi connectivity index (χ3v) is 3.63. The fraction of sp³-hybridized carbons (Fsp3) is 0.643. The second-order valence-corrected chi connectivity index (χ2v) is 5.10. The molecule has 1 fully saturated rings. The molecule has 0 spiro atoms. The number of nitrogens with zero attached hydrogens (tertiary/aromatic N) is 2. The van der Waals surface area contributed by atoms with Gasteiger partial charge in [0.1, 0.15) is 0 Å². The van der Waals surface area contributed by atoms with Crippen LogP contribution in [0, 0.1) is 0 Å². The molecule has 2 unspecified atom stereocenters. The van der Waals surface area contributed by atoms with E-state index in [1.54, 1.807) is 0 Å². The molecule has 2 heterocycles. The Kier molecular flexibility index (Phi) is 4.74. The quantitative estimate of drug-likeness (QED) is 0.852. The smallest absolute Gasteiger partial charge is 0.0981 e. The molecule has 5 heteroatoms. The van der Waals surface area contributed by atoms with Gasteiger partial charge in [-0.05, 0) is 25.5 Å². The van der Waals surface area contributed by atoms with Crippen LogP contribution in [0.1, 0.15) is 32.0 Å². The van der Waals surface area contributed by atoms with Crippen LogP contribution < -0.4 is 10.6 Å². The fourth-order valence-corrected chi connectivity index (χ4v) is 2.28. The Morgan fingerprint density at radius 2 is 2.37 bits per heavy atom. The van der Waals surface area contributed by atoms with Crippen LogP contribution in [0.25, 0.3) is 0 Å². The predicted octanol–water partition coefficient (Wildman–Crippen LogP) is 1.08. The van der Waals surface area contributed by atoms with Crippen LogP contribution in [0.3, 0.4) is 0 Å². The molecule has 0 saturated carbocycles. The van der Waals surface area contributed by atoms with Crippen LogP contribution in [-0.4, -0.2) is 42.0 Å². The number of anilines is 1. The highest BCUT2D eigenvalue weighted by Gasteiger charge is 2.26. The van der Waals surface area contributed by atoms with Crippen LogP contribution in [-0.2, 0) is 4.74 Å². The van der Waals surface area contributed by atoms with Crippen molar-refractivity contribution in [3.63, 3.8) is 0 Å². The summed E-state index contributed by atoms with van der Waals surface area (Å²) in [6, 6.07) is 4.32. The Bertz CT molecular complexity index is 396. The van der Waals surface area contributed by atoms with Crippen LogP contribution >= 0.6 is 0 Å². The molecule has 1 saturated heterocycles. The van der Waals surface area contributed by atoms with Gasteiger partial charge in [0.05, 0.1) is 36.9 Å². The van der Waals surface area contributed by atoms with Crippen molar-refractivity contribution in [3.05, 3.63) is 24.0 Å². The molecular formula is C14H23N3O2. The summed E-state index contributed by atoms with van der Waals surface area (Å²) < 4.78 is 5.54. The first kappa shape index (κ1) is 14.2. The Balaban J connectivity index is 2.11. The molecule has 5 nitrogen and oxygen atoms in total. The molecule has 1 aliphatic heterocycles. The topological polar surface area (TPSA) is 71.6 Å². The standard InChI is InChI=1S/C14H23N3O2/c1-3-13(15)14-5-4-11(6-16-14)17-7-12(8-18)19-9-10(17)2/h4-6,10,12-13,18H,3,7-9,15H2,1-2H3/t10?,12?,13-/m0/s1. The zero-order valence-corrected chi connectivity index (χ0v) is 11.6. The average Bonchev–Trinajstić information content (AvgIpc) is 2.47. The molecule has 0 aromatic carbocycles. The van der Waals surface area contributed by atoms with Crippen molar-refractivity contribution in [1.82, 2.24) is 4.98 Å². The zero-order chi connectivity index (χ0) is 13.8. The van der Waals surface area contributed by atoms with Crippen LogP contribution in [0.15, 0.2) is 18.3 Å². The lowest BCUT2D eigenvalue weighted by Crippen LogP contribution is -2.49. The van der Waals surface area contributed by atoms with Gasteiger partial charge in [0.15, 0.2) is 0 Å². The number of pyridine rings is 1. The van der Waals surface area contributed by atoms with E-state index in [-0.39, 0.29) is 24.8 Å². The Morgan fingerprint density at radius 1 is 1.58 bits per heavy atom. The molecule has 0 radical (unpaired) electrons. The summed E-state index contributed by atoms with van der Waals surface area (Å²) in [4.78, 5) is 6.66. The fourth-order valence-electron chi connectivity index (χ4n) is 2.28. The summed E-state index contributed by atoms with van der Waals surface area (Å²) in [5.41, 5.74) is 7.94. The van der Waals surface area contributed by atoms with Gasteiger partial charge in [0, 0.05) is 18.6 Å². The van der Waals surface area contributed by atoms with Gasteiger partial charge in [-0.15, -0.1) is 0 Å². The number of rotatable bonds is 4. The molecule has 19 heavy (non-hydrogen) atoms. The van der Waals surface area contributed by atoms with E-state index in [0.717, 1.165) is 17.8 Å². The molecule has 0 aliphatic carbocycles. The van der Waals surface area contributed by atoms with Crippen LogP contribution in [0.5, 0.6) is 0 Å². The van der Waals surface area contributed by atoms with Crippen molar-refractivity contribution in [2.45, 2.75) is 38.5 Å². The summed E-state index contributed by atoms with van der Waals surface area (Å²) >= 11 is 0. The van der Waals surface area contributed by atoms with E-state index in [9.17, 15) is 5.11 Å². The molecule has 2 rings (SSSR count). The number of hydrogen-bond acceptors (Lipinski definition) is 5. The van der Waals surface area contributed by atoms with Crippen molar-refractivity contribution in [1.29, 1.82) is 0 Å². The van der Waals surface area contributed by atoms with Crippen molar-refractivity contribution in [3.8, 4) is 0 Å². The van der Waals surface area contributed by atoms with Gasteiger partial charge in [-0.1, -0.05) is 6.92 Å². The highest BCUT2D eigenvalue weighted by atomic mass is 16.5. The minimum Gasteiger partial charge on any atom is -0.394 e. The Hall–Kier alpha value is -1.17. The molecule has 3 atom stereocenters. The van der Waals surface area contributed by atoms with E-state index < -0.39 is 0 Å². The van der Waals surface area contributed by atoms with Crippen molar-refractivity contribution in [2.24, 2.45) is 5.73 Å². The third-order valence-electron chi connectivity index (χ3n) is 3.63. The highest BCUT2D eigenvalue weighted by molar-refractivity contribution is 5.46. The molecule has 1 aliphatic rings. The lowest BCUT2D eigenvalue weighted by atomic mass is 10.1. The van der Waals surface area contributed by atoms with Crippen molar-refractivity contribution < 1.29 is 9.84 Å². The third kappa shape index (κ3) is 3.23. The molecule has 3 N–H and O–H groups in total. The summed E-state index contributed by atoms with van der Waals surface area (Å²) in [7, 11) is 0. The zero-order valence-electron chi connectivity index (χ0n) is 11.6. The summed E-state index contributed by atoms with van der Waals surface area (Å²) in [6.45, 7) is 5.53. The Morgan fingerprint density at radius 3 is 2.95 bits per heavy atom. The largest absolute Gasteiger partial charge is 0.394 e. The van der Waals surface area contributed by atoms with Gasteiger partial charge in [-0.25, -0.2) is 0 Å². The minimum absolute atomic E-state index is 0.00125. The van der Waals surface area contributed by atoms with E-state index in [2.05, 4.69) is 23.7 Å². The second-order valence-electron chi connectivity index (χ2n) is 5.10. The highest BCUT2D eigenvalue weighted by Crippen LogP contribution is 2.22. The maximum absolute atomic E-state index is 9.21. The Labute approximate surface area is 114 Å². The first-order valence-electron chi connectivity index (χ1n) is 6.86. The SMILES string of the molecule is CC[C@H](N)c1ccc(N2CC(CO)OCC2C)cn1.